The molecule has 0 bridgehead atoms. The van der Waals surface area contributed by atoms with Crippen molar-refractivity contribution >= 4 is 6.09 Å². The summed E-state index contributed by atoms with van der Waals surface area (Å²) in [6.45, 7) is 1.84. The van der Waals surface area contributed by atoms with Gasteiger partial charge in [-0.2, -0.15) is 0 Å². The molecule has 1 amide bonds. The van der Waals surface area contributed by atoms with Crippen molar-refractivity contribution in [3.63, 3.8) is 0 Å². The Balaban J connectivity index is 2.51. The lowest BCUT2D eigenvalue weighted by atomic mass is 9.88. The zero-order chi connectivity index (χ0) is 13.0. The maximum absolute atomic E-state index is 11.2. The first-order valence-corrected chi connectivity index (χ1v) is 5.72. The molecule has 92 valence electrons. The van der Waals surface area contributed by atoms with Crippen molar-refractivity contribution in [3.8, 4) is 0 Å². The van der Waals surface area contributed by atoms with Crippen molar-refractivity contribution in [2.75, 3.05) is 0 Å². The SMILES string of the molecule is CC(OC(N)=O)(c1ccccc1)c1ccccc1. The van der Waals surface area contributed by atoms with Crippen molar-refractivity contribution in [1.82, 2.24) is 0 Å². The maximum Gasteiger partial charge on any atom is 0.405 e. The van der Waals surface area contributed by atoms with Gasteiger partial charge in [0.2, 0.25) is 0 Å². The largest absolute Gasteiger partial charge is 0.434 e. The second-order valence-corrected chi connectivity index (χ2v) is 4.19. The summed E-state index contributed by atoms with van der Waals surface area (Å²) in [5.41, 5.74) is 6.09. The van der Waals surface area contributed by atoms with Crippen LogP contribution in [0.4, 0.5) is 4.79 Å². The van der Waals surface area contributed by atoms with Gasteiger partial charge in [-0.3, -0.25) is 0 Å². The number of ether oxygens (including phenoxy) is 1. The topological polar surface area (TPSA) is 52.3 Å². The molecular weight excluding hydrogens is 226 g/mol. The molecule has 2 aromatic rings. The monoisotopic (exact) mass is 241 g/mol. The van der Waals surface area contributed by atoms with E-state index < -0.39 is 11.7 Å². The van der Waals surface area contributed by atoms with Crippen molar-refractivity contribution in [2.24, 2.45) is 5.73 Å². The van der Waals surface area contributed by atoms with Crippen LogP contribution < -0.4 is 5.73 Å². The van der Waals surface area contributed by atoms with Gasteiger partial charge in [0.05, 0.1) is 0 Å². The van der Waals surface area contributed by atoms with Crippen LogP contribution in [0.1, 0.15) is 18.1 Å². The quantitative estimate of drug-likeness (QED) is 0.897. The molecule has 0 radical (unpaired) electrons. The van der Waals surface area contributed by atoms with E-state index in [-0.39, 0.29) is 0 Å². The van der Waals surface area contributed by atoms with Crippen LogP contribution in [0.15, 0.2) is 60.7 Å². The normalized spacial score (nSPS) is 10.9. The summed E-state index contributed by atoms with van der Waals surface area (Å²) in [4.78, 5) is 11.2. The molecule has 0 aliphatic carbocycles. The van der Waals surface area contributed by atoms with E-state index in [1.165, 1.54) is 0 Å². The van der Waals surface area contributed by atoms with E-state index in [1.807, 2.05) is 67.6 Å². The Kier molecular flexibility index (Phi) is 3.33. The third kappa shape index (κ3) is 2.35. The third-order valence-corrected chi connectivity index (χ3v) is 2.95. The van der Waals surface area contributed by atoms with Crippen LogP contribution in [0.5, 0.6) is 0 Å². The minimum Gasteiger partial charge on any atom is -0.434 e. The van der Waals surface area contributed by atoms with Crippen molar-refractivity contribution in [1.29, 1.82) is 0 Å². The molecule has 18 heavy (non-hydrogen) atoms. The van der Waals surface area contributed by atoms with Gasteiger partial charge in [0.1, 0.15) is 0 Å². The van der Waals surface area contributed by atoms with Crippen LogP contribution in [0.2, 0.25) is 0 Å². The smallest absolute Gasteiger partial charge is 0.405 e. The van der Waals surface area contributed by atoms with Gasteiger partial charge in [-0.15, -0.1) is 0 Å². The number of nitrogens with two attached hydrogens (primary N) is 1. The number of amides is 1. The molecule has 0 aliphatic rings. The predicted molar refractivity (Wildman–Crippen MR) is 70.0 cm³/mol. The average molecular weight is 241 g/mol. The van der Waals surface area contributed by atoms with Gasteiger partial charge in [0, 0.05) is 0 Å². The maximum atomic E-state index is 11.2. The van der Waals surface area contributed by atoms with Crippen molar-refractivity contribution < 1.29 is 9.53 Å². The number of hydrogen-bond donors (Lipinski definition) is 1. The van der Waals surface area contributed by atoms with Crippen LogP contribution in [-0.4, -0.2) is 6.09 Å². The summed E-state index contributed by atoms with van der Waals surface area (Å²) in [7, 11) is 0. The summed E-state index contributed by atoms with van der Waals surface area (Å²) in [6.07, 6.45) is -0.787. The van der Waals surface area contributed by atoms with Crippen LogP contribution >= 0.6 is 0 Å². The van der Waals surface area contributed by atoms with E-state index in [2.05, 4.69) is 0 Å². The molecule has 3 heteroatoms. The molecule has 0 fully saturated rings. The minimum atomic E-state index is -0.867. The van der Waals surface area contributed by atoms with Gasteiger partial charge < -0.3 is 10.5 Å². The van der Waals surface area contributed by atoms with Crippen LogP contribution in [0.3, 0.4) is 0 Å². The highest BCUT2D eigenvalue weighted by molar-refractivity contribution is 5.66. The number of benzene rings is 2. The molecule has 2 aromatic carbocycles. The lowest BCUT2D eigenvalue weighted by Crippen LogP contribution is -2.33. The number of hydrogen-bond acceptors (Lipinski definition) is 2. The summed E-state index contributed by atoms with van der Waals surface area (Å²) in [5, 5.41) is 0. The molecule has 0 spiro atoms. The number of carbonyl (C=O) groups excluding carboxylic acids is 1. The van der Waals surface area contributed by atoms with Gasteiger partial charge in [-0.25, -0.2) is 4.79 Å². The van der Waals surface area contributed by atoms with E-state index in [0.29, 0.717) is 0 Å². The van der Waals surface area contributed by atoms with Gasteiger partial charge in [-0.05, 0) is 18.1 Å². The molecule has 0 unspecified atom stereocenters. The Morgan fingerprint density at radius 2 is 1.33 bits per heavy atom. The Morgan fingerprint density at radius 1 is 0.944 bits per heavy atom. The Morgan fingerprint density at radius 3 is 1.67 bits per heavy atom. The third-order valence-electron chi connectivity index (χ3n) is 2.95. The summed E-state index contributed by atoms with van der Waals surface area (Å²) in [6, 6.07) is 19.1. The first-order valence-electron chi connectivity index (χ1n) is 5.72. The second-order valence-electron chi connectivity index (χ2n) is 4.19. The molecule has 2 rings (SSSR count). The van der Waals surface area contributed by atoms with Crippen LogP contribution in [0.25, 0.3) is 0 Å². The van der Waals surface area contributed by atoms with Gasteiger partial charge in [-0.1, -0.05) is 60.7 Å². The number of rotatable bonds is 3. The van der Waals surface area contributed by atoms with E-state index in [1.54, 1.807) is 0 Å². The molecular formula is C15H15NO2. The lowest BCUT2D eigenvalue weighted by Gasteiger charge is -2.29. The average Bonchev–Trinajstić information content (AvgIpc) is 2.40. The molecule has 0 aromatic heterocycles. The Hall–Kier alpha value is -2.29. The fourth-order valence-corrected chi connectivity index (χ4v) is 2.00. The first kappa shape index (κ1) is 12.2. The molecule has 0 heterocycles. The zero-order valence-electron chi connectivity index (χ0n) is 10.2. The fourth-order valence-electron chi connectivity index (χ4n) is 2.00. The Bertz CT molecular complexity index is 483. The summed E-state index contributed by atoms with van der Waals surface area (Å²) in [5.74, 6) is 0. The molecule has 0 saturated carbocycles. The highest BCUT2D eigenvalue weighted by Crippen LogP contribution is 2.32. The molecule has 0 saturated heterocycles. The van der Waals surface area contributed by atoms with Crippen LogP contribution in [-0.2, 0) is 10.3 Å². The van der Waals surface area contributed by atoms with Gasteiger partial charge in [0.15, 0.2) is 5.60 Å². The van der Waals surface area contributed by atoms with E-state index >= 15 is 0 Å². The molecule has 0 aliphatic heterocycles. The van der Waals surface area contributed by atoms with Crippen molar-refractivity contribution in [3.05, 3.63) is 71.8 Å². The van der Waals surface area contributed by atoms with E-state index in [0.717, 1.165) is 11.1 Å². The summed E-state index contributed by atoms with van der Waals surface area (Å²) >= 11 is 0. The summed E-state index contributed by atoms with van der Waals surface area (Å²) < 4.78 is 5.35. The highest BCUT2D eigenvalue weighted by atomic mass is 16.6. The second kappa shape index (κ2) is 4.92. The number of primary amides is 1. The highest BCUT2D eigenvalue weighted by Gasteiger charge is 2.32. The predicted octanol–water partition coefficient (Wildman–Crippen LogP) is 3.05. The van der Waals surface area contributed by atoms with E-state index in [9.17, 15) is 4.79 Å². The minimum absolute atomic E-state index is 0.787. The fraction of sp³-hybridized carbons (Fsp3) is 0.133. The van der Waals surface area contributed by atoms with Crippen LogP contribution in [0, 0.1) is 0 Å². The van der Waals surface area contributed by atoms with E-state index in [4.69, 9.17) is 10.5 Å². The zero-order valence-corrected chi connectivity index (χ0v) is 10.2. The standard InChI is InChI=1S/C15H15NO2/c1-15(18-14(16)17,12-8-4-2-5-9-12)13-10-6-3-7-11-13/h2-11H,1H3,(H2,16,17). The number of carbonyl (C=O) groups is 1. The molecule has 0 atom stereocenters. The molecule has 3 nitrogen and oxygen atoms in total. The molecule has 2 N–H and O–H groups in total. The lowest BCUT2D eigenvalue weighted by molar-refractivity contribution is 0.0596. The Labute approximate surface area is 106 Å². The van der Waals surface area contributed by atoms with Gasteiger partial charge in [0.25, 0.3) is 0 Å². The van der Waals surface area contributed by atoms with Crippen molar-refractivity contribution in [2.45, 2.75) is 12.5 Å². The van der Waals surface area contributed by atoms with Gasteiger partial charge >= 0.3 is 6.09 Å². The first-order chi connectivity index (χ1) is 8.63.